The molecule has 0 heterocycles. The van der Waals surface area contributed by atoms with Crippen LogP contribution >= 0.6 is 0 Å². The van der Waals surface area contributed by atoms with E-state index < -0.39 is 0 Å². The summed E-state index contributed by atoms with van der Waals surface area (Å²) in [7, 11) is 0. The molecule has 5 heteroatoms. The van der Waals surface area contributed by atoms with Gasteiger partial charge in [-0.25, -0.2) is 9.18 Å². The van der Waals surface area contributed by atoms with Crippen molar-refractivity contribution in [3.63, 3.8) is 0 Å². The summed E-state index contributed by atoms with van der Waals surface area (Å²) in [5.74, 6) is -0.262. The van der Waals surface area contributed by atoms with Crippen LogP contribution in [-0.2, 0) is 6.42 Å². The molecule has 0 atom stereocenters. The highest BCUT2D eigenvalue weighted by atomic mass is 19.1. The fourth-order valence-electron chi connectivity index (χ4n) is 1.97. The molecular formula is C16H18FN3O. The molecule has 2 rings (SSSR count). The molecule has 2 aromatic rings. The van der Waals surface area contributed by atoms with E-state index in [4.69, 9.17) is 5.73 Å². The molecule has 0 fully saturated rings. The van der Waals surface area contributed by atoms with Crippen molar-refractivity contribution >= 4 is 17.4 Å². The fourth-order valence-corrected chi connectivity index (χ4v) is 1.97. The second kappa shape index (κ2) is 6.74. The molecule has 2 aromatic carbocycles. The van der Waals surface area contributed by atoms with Gasteiger partial charge in [0, 0.05) is 6.54 Å². The molecule has 0 saturated heterocycles. The third-order valence-electron chi connectivity index (χ3n) is 3.09. The number of hydrogen-bond donors (Lipinski definition) is 3. The lowest BCUT2D eigenvalue weighted by Crippen LogP contribution is -2.30. The average molecular weight is 287 g/mol. The van der Waals surface area contributed by atoms with Gasteiger partial charge in [0.15, 0.2) is 0 Å². The Balaban J connectivity index is 1.84. The van der Waals surface area contributed by atoms with Crippen molar-refractivity contribution in [2.45, 2.75) is 13.3 Å². The Kier molecular flexibility index (Phi) is 4.77. The zero-order chi connectivity index (χ0) is 15.2. The summed E-state index contributed by atoms with van der Waals surface area (Å²) in [4.78, 5) is 11.8. The Hall–Kier alpha value is -2.56. The number of benzene rings is 2. The lowest BCUT2D eigenvalue weighted by molar-refractivity contribution is 0.252. The van der Waals surface area contributed by atoms with Gasteiger partial charge in [-0.2, -0.15) is 0 Å². The minimum atomic E-state index is -0.359. The van der Waals surface area contributed by atoms with Crippen molar-refractivity contribution in [1.29, 1.82) is 0 Å². The second-order valence-electron chi connectivity index (χ2n) is 4.81. The smallest absolute Gasteiger partial charge is 0.319 e. The molecule has 0 aliphatic carbocycles. The summed E-state index contributed by atoms with van der Waals surface area (Å²) in [6.07, 6.45) is 0.434. The van der Waals surface area contributed by atoms with E-state index in [2.05, 4.69) is 10.6 Å². The molecule has 0 spiro atoms. The molecule has 21 heavy (non-hydrogen) atoms. The first-order chi connectivity index (χ1) is 10.1. The number of carbonyl (C=O) groups is 1. The van der Waals surface area contributed by atoms with Crippen LogP contribution in [-0.4, -0.2) is 12.6 Å². The Morgan fingerprint density at radius 3 is 2.71 bits per heavy atom. The molecule has 110 valence electrons. The van der Waals surface area contributed by atoms with E-state index in [0.29, 0.717) is 29.9 Å². The minimum absolute atomic E-state index is 0.262. The predicted octanol–water partition coefficient (Wildman–Crippen LogP) is 3.08. The summed E-state index contributed by atoms with van der Waals surface area (Å²) in [6.45, 7) is 2.27. The first-order valence-corrected chi connectivity index (χ1v) is 6.70. The van der Waals surface area contributed by atoms with Crippen molar-refractivity contribution in [3.05, 3.63) is 59.4 Å². The summed E-state index contributed by atoms with van der Waals surface area (Å²) in [5.41, 5.74) is 8.49. The molecule has 0 radical (unpaired) electrons. The number of amides is 2. The van der Waals surface area contributed by atoms with Crippen LogP contribution in [0.25, 0.3) is 0 Å². The molecule has 2 amide bonds. The van der Waals surface area contributed by atoms with E-state index in [9.17, 15) is 9.18 Å². The maximum absolute atomic E-state index is 13.4. The van der Waals surface area contributed by atoms with Gasteiger partial charge in [-0.1, -0.05) is 24.3 Å². The zero-order valence-corrected chi connectivity index (χ0v) is 11.8. The quantitative estimate of drug-likeness (QED) is 0.756. The monoisotopic (exact) mass is 287 g/mol. The number of urea groups is 1. The number of aryl methyl sites for hydroxylation is 1. The van der Waals surface area contributed by atoms with Gasteiger partial charge in [-0.05, 0) is 42.7 Å². The van der Waals surface area contributed by atoms with Crippen molar-refractivity contribution in [1.82, 2.24) is 5.32 Å². The highest BCUT2D eigenvalue weighted by Crippen LogP contribution is 2.19. The van der Waals surface area contributed by atoms with Crippen LogP contribution < -0.4 is 16.4 Å². The van der Waals surface area contributed by atoms with Gasteiger partial charge in [0.1, 0.15) is 5.82 Å². The van der Waals surface area contributed by atoms with Gasteiger partial charge >= 0.3 is 6.03 Å². The van der Waals surface area contributed by atoms with Crippen molar-refractivity contribution in [2.75, 3.05) is 17.6 Å². The number of nitrogen functional groups attached to an aromatic ring is 1. The van der Waals surface area contributed by atoms with Gasteiger partial charge in [0.2, 0.25) is 0 Å². The molecule has 4 nitrogen and oxygen atoms in total. The SMILES string of the molecule is Cc1ccc(NC(=O)NCCc2ccccc2F)c(N)c1. The summed E-state index contributed by atoms with van der Waals surface area (Å²) in [5, 5.41) is 5.35. The van der Waals surface area contributed by atoms with Crippen LogP contribution in [0.5, 0.6) is 0 Å². The summed E-state index contributed by atoms with van der Waals surface area (Å²) >= 11 is 0. The molecule has 0 saturated carbocycles. The van der Waals surface area contributed by atoms with Gasteiger partial charge in [-0.15, -0.1) is 0 Å². The zero-order valence-electron chi connectivity index (χ0n) is 11.8. The Bertz CT molecular complexity index is 643. The summed E-state index contributed by atoms with van der Waals surface area (Å²) < 4.78 is 13.4. The Labute approximate surface area is 123 Å². The first kappa shape index (κ1) is 14.8. The minimum Gasteiger partial charge on any atom is -0.397 e. The molecule has 0 bridgehead atoms. The molecule has 0 unspecified atom stereocenters. The second-order valence-corrected chi connectivity index (χ2v) is 4.81. The van der Waals surface area contributed by atoms with E-state index in [1.165, 1.54) is 6.07 Å². The van der Waals surface area contributed by atoms with Gasteiger partial charge < -0.3 is 16.4 Å². The maximum Gasteiger partial charge on any atom is 0.319 e. The molecule has 0 aliphatic heterocycles. The fraction of sp³-hybridized carbons (Fsp3) is 0.188. The van der Waals surface area contributed by atoms with Crippen LogP contribution in [0.1, 0.15) is 11.1 Å². The number of rotatable bonds is 4. The normalized spacial score (nSPS) is 10.2. The van der Waals surface area contributed by atoms with Crippen LogP contribution in [0, 0.1) is 12.7 Å². The average Bonchev–Trinajstić information content (AvgIpc) is 2.44. The lowest BCUT2D eigenvalue weighted by Gasteiger charge is -2.10. The standard InChI is InChI=1S/C16H18FN3O/c1-11-6-7-15(14(18)10-11)20-16(21)19-9-8-12-4-2-3-5-13(12)17/h2-7,10H,8-9,18H2,1H3,(H2,19,20,21). The van der Waals surface area contributed by atoms with E-state index in [-0.39, 0.29) is 11.8 Å². The van der Waals surface area contributed by atoms with E-state index in [1.54, 1.807) is 30.3 Å². The number of nitrogens with two attached hydrogens (primary N) is 1. The van der Waals surface area contributed by atoms with Crippen LogP contribution in [0.4, 0.5) is 20.6 Å². The topological polar surface area (TPSA) is 67.2 Å². The number of anilines is 2. The van der Waals surface area contributed by atoms with Crippen LogP contribution in [0.15, 0.2) is 42.5 Å². The van der Waals surface area contributed by atoms with E-state index in [0.717, 1.165) is 5.56 Å². The van der Waals surface area contributed by atoms with E-state index >= 15 is 0 Å². The van der Waals surface area contributed by atoms with Crippen molar-refractivity contribution < 1.29 is 9.18 Å². The number of halogens is 1. The third kappa shape index (κ3) is 4.21. The summed E-state index contributed by atoms with van der Waals surface area (Å²) in [6, 6.07) is 11.6. The first-order valence-electron chi connectivity index (χ1n) is 6.70. The molecular weight excluding hydrogens is 269 g/mol. The highest BCUT2D eigenvalue weighted by molar-refractivity contribution is 5.92. The van der Waals surface area contributed by atoms with Crippen LogP contribution in [0.2, 0.25) is 0 Å². The highest BCUT2D eigenvalue weighted by Gasteiger charge is 2.05. The van der Waals surface area contributed by atoms with Gasteiger partial charge in [0.25, 0.3) is 0 Å². The largest absolute Gasteiger partial charge is 0.397 e. The maximum atomic E-state index is 13.4. The molecule has 0 aliphatic rings. The number of carbonyl (C=O) groups excluding carboxylic acids is 1. The number of nitrogens with one attached hydrogen (secondary N) is 2. The van der Waals surface area contributed by atoms with Crippen molar-refractivity contribution in [2.24, 2.45) is 0 Å². The van der Waals surface area contributed by atoms with Gasteiger partial charge in [0.05, 0.1) is 11.4 Å². The molecule has 0 aromatic heterocycles. The molecule has 4 N–H and O–H groups in total. The number of hydrogen-bond acceptors (Lipinski definition) is 2. The Morgan fingerprint density at radius 1 is 1.24 bits per heavy atom. The predicted molar refractivity (Wildman–Crippen MR) is 82.7 cm³/mol. The van der Waals surface area contributed by atoms with Gasteiger partial charge in [-0.3, -0.25) is 0 Å². The van der Waals surface area contributed by atoms with E-state index in [1.807, 2.05) is 13.0 Å². The van der Waals surface area contributed by atoms with Crippen LogP contribution in [0.3, 0.4) is 0 Å². The van der Waals surface area contributed by atoms with Crippen molar-refractivity contribution in [3.8, 4) is 0 Å². The third-order valence-corrected chi connectivity index (χ3v) is 3.09. The lowest BCUT2D eigenvalue weighted by atomic mass is 10.1. The Morgan fingerprint density at radius 2 is 2.00 bits per heavy atom.